The Hall–Kier alpha value is -3.36. The number of ether oxygens (including phenoxy) is 1. The van der Waals surface area contributed by atoms with Crippen LogP contribution in [0.3, 0.4) is 0 Å². The highest BCUT2D eigenvalue weighted by molar-refractivity contribution is 6.35. The molecule has 0 saturated carbocycles. The molecule has 0 bridgehead atoms. The first kappa shape index (κ1) is 22.8. The first-order valence-corrected chi connectivity index (χ1v) is 11.0. The van der Waals surface area contributed by atoms with Crippen molar-refractivity contribution in [1.29, 1.82) is 0 Å². The molecule has 0 atom stereocenters. The van der Waals surface area contributed by atoms with E-state index in [1.807, 2.05) is 31.2 Å². The normalized spacial score (nSPS) is 11.0. The Balaban J connectivity index is 1.35. The van der Waals surface area contributed by atoms with Gasteiger partial charge < -0.3 is 10.1 Å². The highest BCUT2D eigenvalue weighted by Crippen LogP contribution is 2.27. The van der Waals surface area contributed by atoms with Gasteiger partial charge >= 0.3 is 0 Å². The van der Waals surface area contributed by atoms with Crippen molar-refractivity contribution in [2.45, 2.75) is 20.0 Å². The second-order valence-electron chi connectivity index (χ2n) is 7.49. The van der Waals surface area contributed by atoms with Crippen LogP contribution in [0.25, 0.3) is 11.0 Å². The van der Waals surface area contributed by atoms with Gasteiger partial charge in [-0.15, -0.1) is 0 Å². The summed E-state index contributed by atoms with van der Waals surface area (Å²) in [5, 5.41) is 8.25. The molecule has 33 heavy (non-hydrogen) atoms. The highest BCUT2D eigenvalue weighted by atomic mass is 35.5. The van der Waals surface area contributed by atoms with Crippen molar-refractivity contribution in [2.75, 3.05) is 13.2 Å². The number of halogens is 2. The number of hydrogen-bond acceptors (Lipinski definition) is 5. The standard InChI is InChI=1S/C23H21Cl2N5O3/c1-15-3-2-4-16(9-15)12-29-14-27-22-18(23(29)32)11-28-30(22)8-7-26-21(31)13-33-20-6-5-17(24)10-19(20)25/h2-6,9-11,14H,7-8,12-13H2,1H3,(H,26,31). The quantitative estimate of drug-likeness (QED) is 0.412. The van der Waals surface area contributed by atoms with Gasteiger partial charge in [-0.05, 0) is 30.7 Å². The van der Waals surface area contributed by atoms with Crippen LogP contribution in [0.2, 0.25) is 10.0 Å². The third-order valence-electron chi connectivity index (χ3n) is 4.96. The van der Waals surface area contributed by atoms with Gasteiger partial charge in [0.1, 0.15) is 17.5 Å². The highest BCUT2D eigenvalue weighted by Gasteiger charge is 2.11. The summed E-state index contributed by atoms with van der Waals surface area (Å²) in [7, 11) is 0. The van der Waals surface area contributed by atoms with E-state index >= 15 is 0 Å². The third-order valence-corrected chi connectivity index (χ3v) is 5.49. The summed E-state index contributed by atoms with van der Waals surface area (Å²) in [6.07, 6.45) is 3.03. The summed E-state index contributed by atoms with van der Waals surface area (Å²) in [5.41, 5.74) is 2.46. The molecule has 0 radical (unpaired) electrons. The Labute approximate surface area is 199 Å². The van der Waals surface area contributed by atoms with E-state index in [9.17, 15) is 9.59 Å². The van der Waals surface area contributed by atoms with Crippen LogP contribution in [0.5, 0.6) is 5.75 Å². The van der Waals surface area contributed by atoms with Crippen LogP contribution in [-0.2, 0) is 17.9 Å². The molecule has 2 aromatic heterocycles. The van der Waals surface area contributed by atoms with Crippen LogP contribution in [-0.4, -0.2) is 38.4 Å². The first-order valence-electron chi connectivity index (χ1n) is 10.2. The number of aromatic nitrogens is 4. The lowest BCUT2D eigenvalue weighted by Crippen LogP contribution is -2.32. The molecule has 2 aromatic carbocycles. The molecule has 0 saturated heterocycles. The summed E-state index contributed by atoms with van der Waals surface area (Å²) in [5.74, 6) is 0.0615. The average Bonchev–Trinajstić information content (AvgIpc) is 3.19. The minimum absolute atomic E-state index is 0.162. The maximum Gasteiger partial charge on any atom is 0.264 e. The number of nitrogens with one attached hydrogen (secondary N) is 1. The Morgan fingerprint density at radius 1 is 1.18 bits per heavy atom. The van der Waals surface area contributed by atoms with Crippen LogP contribution in [0.15, 0.2) is 59.8 Å². The number of amides is 1. The van der Waals surface area contributed by atoms with E-state index in [1.165, 1.54) is 12.5 Å². The maximum absolute atomic E-state index is 12.8. The molecule has 4 rings (SSSR count). The first-order chi connectivity index (χ1) is 15.9. The summed E-state index contributed by atoms with van der Waals surface area (Å²) in [6, 6.07) is 12.8. The van der Waals surface area contributed by atoms with Gasteiger partial charge in [0.25, 0.3) is 11.5 Å². The van der Waals surface area contributed by atoms with Crippen molar-refractivity contribution < 1.29 is 9.53 Å². The topological polar surface area (TPSA) is 91.0 Å². The van der Waals surface area contributed by atoms with Gasteiger partial charge in [0.05, 0.1) is 24.3 Å². The van der Waals surface area contributed by atoms with Crippen LogP contribution >= 0.6 is 23.2 Å². The Bertz CT molecular complexity index is 1370. The number of carbonyl (C=O) groups excluding carboxylic acids is 1. The lowest BCUT2D eigenvalue weighted by molar-refractivity contribution is -0.123. The van der Waals surface area contributed by atoms with Gasteiger partial charge in [0, 0.05) is 11.6 Å². The zero-order valence-electron chi connectivity index (χ0n) is 17.8. The van der Waals surface area contributed by atoms with Crippen LogP contribution in [0.1, 0.15) is 11.1 Å². The van der Waals surface area contributed by atoms with Crippen molar-refractivity contribution in [2.24, 2.45) is 0 Å². The largest absolute Gasteiger partial charge is 0.482 e. The molecule has 170 valence electrons. The number of rotatable bonds is 8. The molecule has 8 nitrogen and oxygen atoms in total. The van der Waals surface area contributed by atoms with Gasteiger partial charge in [-0.1, -0.05) is 53.0 Å². The fourth-order valence-electron chi connectivity index (χ4n) is 3.37. The lowest BCUT2D eigenvalue weighted by atomic mass is 10.1. The summed E-state index contributed by atoms with van der Waals surface area (Å²) in [4.78, 5) is 29.3. The number of hydrogen-bond donors (Lipinski definition) is 1. The van der Waals surface area contributed by atoms with Gasteiger partial charge in [0.15, 0.2) is 12.3 Å². The number of nitrogens with zero attached hydrogens (tertiary/aromatic N) is 4. The number of fused-ring (bicyclic) bond motifs is 1. The molecule has 0 aliphatic heterocycles. The molecule has 0 aliphatic rings. The lowest BCUT2D eigenvalue weighted by Gasteiger charge is -2.09. The Morgan fingerprint density at radius 2 is 2.03 bits per heavy atom. The summed E-state index contributed by atoms with van der Waals surface area (Å²) >= 11 is 11.9. The van der Waals surface area contributed by atoms with Crippen molar-refractivity contribution in [3.63, 3.8) is 0 Å². The second-order valence-corrected chi connectivity index (χ2v) is 8.33. The number of aryl methyl sites for hydroxylation is 1. The third kappa shape index (κ3) is 5.53. The van der Waals surface area contributed by atoms with Crippen LogP contribution in [0.4, 0.5) is 0 Å². The van der Waals surface area contributed by atoms with Crippen molar-refractivity contribution in [1.82, 2.24) is 24.6 Å². The minimum Gasteiger partial charge on any atom is -0.482 e. The molecule has 4 aromatic rings. The van der Waals surface area contributed by atoms with Crippen molar-refractivity contribution in [3.05, 3.63) is 86.5 Å². The monoisotopic (exact) mass is 485 g/mol. The van der Waals surface area contributed by atoms with E-state index in [0.29, 0.717) is 46.5 Å². The van der Waals surface area contributed by atoms with Crippen molar-refractivity contribution >= 4 is 40.1 Å². The number of carbonyl (C=O) groups is 1. The zero-order chi connectivity index (χ0) is 23.4. The van der Waals surface area contributed by atoms with E-state index in [2.05, 4.69) is 15.4 Å². The fourth-order valence-corrected chi connectivity index (χ4v) is 3.83. The average molecular weight is 486 g/mol. The van der Waals surface area contributed by atoms with E-state index in [1.54, 1.807) is 27.4 Å². The molecule has 1 N–H and O–H groups in total. The molecular weight excluding hydrogens is 465 g/mol. The molecule has 2 heterocycles. The maximum atomic E-state index is 12.8. The summed E-state index contributed by atoms with van der Waals surface area (Å²) < 4.78 is 8.56. The van der Waals surface area contributed by atoms with E-state index in [-0.39, 0.29) is 18.1 Å². The zero-order valence-corrected chi connectivity index (χ0v) is 19.3. The number of benzene rings is 2. The second kappa shape index (κ2) is 10.1. The summed E-state index contributed by atoms with van der Waals surface area (Å²) in [6.45, 7) is 2.90. The Kier molecular flexibility index (Phi) is 6.96. The van der Waals surface area contributed by atoms with Gasteiger partial charge in [-0.25, -0.2) is 9.67 Å². The van der Waals surface area contributed by atoms with E-state index < -0.39 is 0 Å². The van der Waals surface area contributed by atoms with Crippen LogP contribution in [0, 0.1) is 6.92 Å². The van der Waals surface area contributed by atoms with Gasteiger partial charge in [-0.3, -0.25) is 14.2 Å². The van der Waals surface area contributed by atoms with E-state index in [4.69, 9.17) is 27.9 Å². The molecule has 1 amide bonds. The molecule has 0 aliphatic carbocycles. The van der Waals surface area contributed by atoms with E-state index in [0.717, 1.165) is 11.1 Å². The Morgan fingerprint density at radius 3 is 2.82 bits per heavy atom. The van der Waals surface area contributed by atoms with Gasteiger partial charge in [-0.2, -0.15) is 5.10 Å². The molecule has 0 spiro atoms. The molecule has 0 fully saturated rings. The van der Waals surface area contributed by atoms with Crippen LogP contribution < -0.4 is 15.6 Å². The minimum atomic E-state index is -0.314. The predicted octanol–water partition coefficient (Wildman–Crippen LogP) is 3.45. The van der Waals surface area contributed by atoms with Crippen molar-refractivity contribution in [3.8, 4) is 5.75 Å². The molecular formula is C23H21Cl2N5O3. The predicted molar refractivity (Wildman–Crippen MR) is 127 cm³/mol. The van der Waals surface area contributed by atoms with Gasteiger partial charge in [0.2, 0.25) is 0 Å². The smallest absolute Gasteiger partial charge is 0.264 e. The molecule has 0 unspecified atom stereocenters. The molecule has 10 heteroatoms. The fraction of sp³-hybridized carbons (Fsp3) is 0.217. The SMILES string of the molecule is Cc1cccc(Cn2cnc3c(cnn3CCNC(=O)COc3ccc(Cl)cc3Cl)c2=O)c1.